The van der Waals surface area contributed by atoms with Gasteiger partial charge in [0.2, 0.25) is 5.88 Å². The molecule has 1 aromatic heterocycles. The number of aromatic nitrogens is 1. The summed E-state index contributed by atoms with van der Waals surface area (Å²) in [5, 5.41) is 0. The van der Waals surface area contributed by atoms with E-state index >= 15 is 0 Å². The number of methoxy groups -OCH3 is 1. The number of nitrogens with two attached hydrogens (primary N) is 1. The van der Waals surface area contributed by atoms with Gasteiger partial charge in [0.05, 0.1) is 29.4 Å². The highest BCUT2D eigenvalue weighted by Crippen LogP contribution is 2.22. The summed E-state index contributed by atoms with van der Waals surface area (Å²) in [7, 11) is -0.453. The second kappa shape index (κ2) is 5.96. The number of nitrogens with zero attached hydrogens (tertiary/aromatic N) is 1. The quantitative estimate of drug-likeness (QED) is 0.879. The van der Waals surface area contributed by atoms with Crippen LogP contribution in [0.15, 0.2) is 35.2 Å². The zero-order chi connectivity index (χ0) is 14.7. The summed E-state index contributed by atoms with van der Waals surface area (Å²) in [5.41, 5.74) is 5.67. The molecule has 2 N–H and O–H groups in total. The average Bonchev–Trinajstić information content (AvgIpc) is 2.37. The lowest BCUT2D eigenvalue weighted by atomic mass is 10.3. The van der Waals surface area contributed by atoms with Crippen molar-refractivity contribution in [1.82, 2.24) is 4.98 Å². The van der Waals surface area contributed by atoms with Crippen LogP contribution in [0.3, 0.4) is 0 Å². The Bertz CT molecular complexity index is 642. The number of hydrogen-bond donors (Lipinski definition) is 1. The van der Waals surface area contributed by atoms with Gasteiger partial charge in [-0.25, -0.2) is 13.8 Å². The topological polar surface area (TPSA) is 65.2 Å². The van der Waals surface area contributed by atoms with E-state index in [0.717, 1.165) is 12.1 Å². The summed E-state index contributed by atoms with van der Waals surface area (Å²) in [6.45, 7) is 0. The smallest absolute Gasteiger partial charge is 0.213 e. The molecule has 0 fully saturated rings. The number of halogens is 2. The SMILES string of the molecule is COc1cccc(CS(=O)c2c(F)cc(N)cc2F)n1. The van der Waals surface area contributed by atoms with Gasteiger partial charge in [-0.15, -0.1) is 0 Å². The van der Waals surface area contributed by atoms with Crippen molar-refractivity contribution in [2.45, 2.75) is 10.6 Å². The Labute approximate surface area is 117 Å². The first-order valence-electron chi connectivity index (χ1n) is 5.64. The molecule has 0 aliphatic carbocycles. The van der Waals surface area contributed by atoms with Crippen LogP contribution in [0.5, 0.6) is 5.88 Å². The minimum Gasteiger partial charge on any atom is -0.481 e. The van der Waals surface area contributed by atoms with E-state index in [-0.39, 0.29) is 11.4 Å². The van der Waals surface area contributed by atoms with Crippen molar-refractivity contribution in [2.24, 2.45) is 0 Å². The molecular formula is C13H12F2N2O2S. The van der Waals surface area contributed by atoms with E-state index in [1.165, 1.54) is 7.11 Å². The highest BCUT2D eigenvalue weighted by atomic mass is 32.2. The molecule has 0 spiro atoms. The summed E-state index contributed by atoms with van der Waals surface area (Å²) in [6.07, 6.45) is 0. The normalized spacial score (nSPS) is 12.2. The predicted molar refractivity (Wildman–Crippen MR) is 71.7 cm³/mol. The number of nitrogen functional groups attached to an aromatic ring is 1. The third-order valence-corrected chi connectivity index (χ3v) is 3.92. The lowest BCUT2D eigenvalue weighted by Crippen LogP contribution is -2.05. The monoisotopic (exact) mass is 298 g/mol. The Hall–Kier alpha value is -2.02. The van der Waals surface area contributed by atoms with Gasteiger partial charge in [-0.3, -0.25) is 4.21 Å². The van der Waals surface area contributed by atoms with Crippen LogP contribution in [-0.2, 0) is 16.6 Å². The van der Waals surface area contributed by atoms with Crippen LogP contribution >= 0.6 is 0 Å². The summed E-state index contributed by atoms with van der Waals surface area (Å²) < 4.78 is 44.3. The third kappa shape index (κ3) is 3.11. The molecule has 0 aliphatic heterocycles. The van der Waals surface area contributed by atoms with E-state index in [9.17, 15) is 13.0 Å². The van der Waals surface area contributed by atoms with Crippen molar-refractivity contribution >= 4 is 16.5 Å². The Kier molecular flexibility index (Phi) is 4.29. The van der Waals surface area contributed by atoms with Gasteiger partial charge >= 0.3 is 0 Å². The minimum atomic E-state index is -1.90. The lowest BCUT2D eigenvalue weighted by Gasteiger charge is -2.07. The molecule has 0 saturated heterocycles. The maximum absolute atomic E-state index is 13.7. The van der Waals surface area contributed by atoms with Gasteiger partial charge in [0, 0.05) is 11.8 Å². The van der Waals surface area contributed by atoms with Gasteiger partial charge in [0.1, 0.15) is 16.5 Å². The number of pyridine rings is 1. The summed E-state index contributed by atoms with van der Waals surface area (Å²) in [6, 6.07) is 6.77. The molecule has 106 valence electrons. The number of anilines is 1. The highest BCUT2D eigenvalue weighted by molar-refractivity contribution is 7.84. The number of benzene rings is 1. The van der Waals surface area contributed by atoms with Crippen LogP contribution in [0.4, 0.5) is 14.5 Å². The molecule has 1 aromatic carbocycles. The van der Waals surface area contributed by atoms with Gasteiger partial charge in [0.25, 0.3) is 0 Å². The molecule has 20 heavy (non-hydrogen) atoms. The van der Waals surface area contributed by atoms with E-state index in [4.69, 9.17) is 10.5 Å². The molecule has 1 heterocycles. The largest absolute Gasteiger partial charge is 0.481 e. The maximum atomic E-state index is 13.7. The Morgan fingerprint density at radius 1 is 1.30 bits per heavy atom. The maximum Gasteiger partial charge on any atom is 0.213 e. The van der Waals surface area contributed by atoms with Crippen molar-refractivity contribution in [2.75, 3.05) is 12.8 Å². The highest BCUT2D eigenvalue weighted by Gasteiger charge is 2.18. The van der Waals surface area contributed by atoms with Crippen LogP contribution < -0.4 is 10.5 Å². The molecule has 2 aromatic rings. The van der Waals surface area contributed by atoms with Crippen molar-refractivity contribution in [3.05, 3.63) is 47.7 Å². The van der Waals surface area contributed by atoms with Crippen LogP contribution in [0.1, 0.15) is 5.69 Å². The fourth-order valence-electron chi connectivity index (χ4n) is 1.66. The summed E-state index contributed by atoms with van der Waals surface area (Å²) >= 11 is 0. The van der Waals surface area contributed by atoms with Crippen molar-refractivity contribution in [3.8, 4) is 5.88 Å². The molecule has 0 radical (unpaired) electrons. The fourth-order valence-corrected chi connectivity index (χ4v) is 2.78. The van der Waals surface area contributed by atoms with Gasteiger partial charge < -0.3 is 10.5 Å². The van der Waals surface area contributed by atoms with E-state index < -0.39 is 27.3 Å². The van der Waals surface area contributed by atoms with E-state index in [1.807, 2.05) is 0 Å². The first kappa shape index (κ1) is 14.4. The molecule has 7 heteroatoms. The average molecular weight is 298 g/mol. The minimum absolute atomic E-state index is 0.0553. The molecule has 2 rings (SSSR count). The molecular weight excluding hydrogens is 286 g/mol. The van der Waals surface area contributed by atoms with Gasteiger partial charge in [-0.2, -0.15) is 0 Å². The first-order chi connectivity index (χ1) is 9.51. The summed E-state index contributed by atoms with van der Waals surface area (Å²) in [5.74, 6) is -1.63. The molecule has 0 aliphatic rings. The number of rotatable bonds is 4. The molecule has 0 saturated carbocycles. The fraction of sp³-hybridized carbons (Fsp3) is 0.154. The Balaban J connectivity index is 2.28. The van der Waals surface area contributed by atoms with E-state index in [0.29, 0.717) is 11.6 Å². The molecule has 0 bridgehead atoms. The zero-order valence-electron chi connectivity index (χ0n) is 10.6. The van der Waals surface area contributed by atoms with Gasteiger partial charge in [-0.1, -0.05) is 6.07 Å². The Morgan fingerprint density at radius 3 is 2.55 bits per heavy atom. The second-order valence-corrected chi connectivity index (χ2v) is 5.36. The zero-order valence-corrected chi connectivity index (χ0v) is 11.4. The van der Waals surface area contributed by atoms with E-state index in [1.54, 1.807) is 18.2 Å². The van der Waals surface area contributed by atoms with Gasteiger partial charge in [-0.05, 0) is 18.2 Å². The molecule has 1 atom stereocenters. The molecule has 1 unspecified atom stereocenters. The predicted octanol–water partition coefficient (Wildman–Crippen LogP) is 2.26. The van der Waals surface area contributed by atoms with Crippen LogP contribution in [-0.4, -0.2) is 16.3 Å². The second-order valence-electron chi connectivity index (χ2n) is 3.97. The Morgan fingerprint density at radius 2 is 1.95 bits per heavy atom. The first-order valence-corrected chi connectivity index (χ1v) is 6.96. The van der Waals surface area contributed by atoms with Crippen molar-refractivity contribution in [1.29, 1.82) is 0 Å². The standard InChI is InChI=1S/C13H12F2N2O2S/c1-19-12-4-2-3-9(17-12)7-20(18)13-10(14)5-8(16)6-11(13)15/h2-6H,7,16H2,1H3. The van der Waals surface area contributed by atoms with Crippen molar-refractivity contribution < 1.29 is 17.7 Å². The molecule has 0 amide bonds. The number of ether oxygens (including phenoxy) is 1. The number of hydrogen-bond acceptors (Lipinski definition) is 4. The van der Waals surface area contributed by atoms with E-state index in [2.05, 4.69) is 4.98 Å². The van der Waals surface area contributed by atoms with Crippen LogP contribution in [0, 0.1) is 11.6 Å². The lowest BCUT2D eigenvalue weighted by molar-refractivity contribution is 0.397. The van der Waals surface area contributed by atoms with Crippen molar-refractivity contribution in [3.63, 3.8) is 0 Å². The summed E-state index contributed by atoms with van der Waals surface area (Å²) in [4.78, 5) is 3.55. The van der Waals surface area contributed by atoms with Crippen LogP contribution in [0.25, 0.3) is 0 Å². The molecule has 4 nitrogen and oxygen atoms in total. The van der Waals surface area contributed by atoms with Gasteiger partial charge in [0.15, 0.2) is 0 Å². The third-order valence-electron chi connectivity index (χ3n) is 2.52. The van der Waals surface area contributed by atoms with Crippen LogP contribution in [0.2, 0.25) is 0 Å².